The predicted molar refractivity (Wildman–Crippen MR) is 178 cm³/mol. The number of hydrogen-bond donors (Lipinski definition) is 1. The van der Waals surface area contributed by atoms with Crippen molar-refractivity contribution < 1.29 is 32.8 Å². The second kappa shape index (κ2) is 11.6. The maximum atomic E-state index is 17.1. The molecule has 10 nitrogen and oxygen atoms in total. The molecule has 0 amide bonds. The number of methoxy groups -OCH3 is 1. The molecule has 5 heterocycles. The number of aromatic hydroxyl groups is 1. The van der Waals surface area contributed by atoms with Crippen LogP contribution in [0.25, 0.3) is 32.9 Å². The Morgan fingerprint density at radius 1 is 1.10 bits per heavy atom. The third-order valence-electron chi connectivity index (χ3n) is 11.3. The van der Waals surface area contributed by atoms with Crippen LogP contribution in [0.2, 0.25) is 0 Å². The van der Waals surface area contributed by atoms with Gasteiger partial charge in [0.2, 0.25) is 5.88 Å². The predicted octanol–water partition coefficient (Wildman–Crippen LogP) is 5.21. The van der Waals surface area contributed by atoms with Crippen molar-refractivity contribution >= 4 is 27.5 Å². The summed E-state index contributed by atoms with van der Waals surface area (Å²) in [5.41, 5.74) is -0.227. The summed E-state index contributed by atoms with van der Waals surface area (Å²) in [5.74, 6) is 1.38. The van der Waals surface area contributed by atoms with E-state index < -0.39 is 11.6 Å². The number of pyridine rings is 1. The van der Waals surface area contributed by atoms with Crippen molar-refractivity contribution in [2.75, 3.05) is 51.5 Å². The standard InChI is InChI=1S/C37H37F2N5O5/c1-3-23-25(38)8-7-20-14-22(45)15-24(29(20)23)32-31(39)33-30(35(40-32)46-2)34(44-12-13-48-27-16-26(27)44)42-36(41-33)49-19-37-9-4-6-28(37)43(11-5-10-37)21-17-47-18-21/h1,7-8,14-15,21,26-28,45H,4-6,9-13,16-19H2,2H3/t26?,27?,28-,37-/m1/s1. The molecular formula is C37H37F2N5O5. The van der Waals surface area contributed by atoms with Gasteiger partial charge >= 0.3 is 6.01 Å². The molecule has 4 aromatic rings. The number of likely N-dealkylation sites (tertiary alicyclic amines) is 1. The first-order chi connectivity index (χ1) is 23.9. The normalized spacial score (nSPS) is 26.7. The van der Waals surface area contributed by atoms with Gasteiger partial charge < -0.3 is 29.0 Å². The molecule has 2 saturated carbocycles. The molecule has 5 aliphatic rings. The van der Waals surface area contributed by atoms with Gasteiger partial charge in [0.05, 0.1) is 57.3 Å². The number of piperidine rings is 1. The van der Waals surface area contributed by atoms with Gasteiger partial charge in [0.1, 0.15) is 34.0 Å². The summed E-state index contributed by atoms with van der Waals surface area (Å²) < 4.78 is 55.9. The number of aromatic nitrogens is 3. The molecule has 5 fully saturated rings. The molecule has 9 rings (SSSR count). The van der Waals surface area contributed by atoms with Crippen molar-refractivity contribution in [2.45, 2.75) is 62.8 Å². The SMILES string of the molecule is C#Cc1c(F)ccc2cc(O)cc(-c3nc(OC)c4c(N5CCOC6CC65)nc(OC[C@]56CCC[C@H]5N(C5COC5)CCC6)nc4c3F)c12. The average molecular weight is 670 g/mol. The van der Waals surface area contributed by atoms with Crippen LogP contribution < -0.4 is 14.4 Å². The Bertz CT molecular complexity index is 2040. The van der Waals surface area contributed by atoms with Gasteiger partial charge in [0, 0.05) is 29.0 Å². The van der Waals surface area contributed by atoms with Crippen molar-refractivity contribution in [1.82, 2.24) is 19.9 Å². The molecule has 2 aromatic carbocycles. The smallest absolute Gasteiger partial charge is 0.319 e. The number of phenols is 1. The molecular weight excluding hydrogens is 632 g/mol. The molecule has 49 heavy (non-hydrogen) atoms. The Balaban J connectivity index is 1.19. The van der Waals surface area contributed by atoms with E-state index in [1.165, 1.54) is 31.4 Å². The maximum Gasteiger partial charge on any atom is 0.319 e. The van der Waals surface area contributed by atoms with E-state index in [9.17, 15) is 9.50 Å². The lowest BCUT2D eigenvalue weighted by Gasteiger charge is -2.51. The van der Waals surface area contributed by atoms with E-state index in [1.807, 2.05) is 0 Å². The highest BCUT2D eigenvalue weighted by atomic mass is 19.1. The Morgan fingerprint density at radius 3 is 2.76 bits per heavy atom. The van der Waals surface area contributed by atoms with E-state index in [0.29, 0.717) is 48.4 Å². The minimum Gasteiger partial charge on any atom is -0.508 e. The van der Waals surface area contributed by atoms with Gasteiger partial charge in [-0.1, -0.05) is 18.4 Å². The first kappa shape index (κ1) is 30.7. The third-order valence-corrected chi connectivity index (χ3v) is 11.3. The van der Waals surface area contributed by atoms with Gasteiger partial charge in [0.15, 0.2) is 5.82 Å². The van der Waals surface area contributed by atoms with E-state index in [-0.39, 0.29) is 62.9 Å². The number of halogens is 2. The molecule has 0 radical (unpaired) electrons. The molecule has 2 aromatic heterocycles. The molecule has 254 valence electrons. The largest absolute Gasteiger partial charge is 0.508 e. The fourth-order valence-electron chi connectivity index (χ4n) is 8.85. The second-order valence-electron chi connectivity index (χ2n) is 14.0. The van der Waals surface area contributed by atoms with Crippen molar-refractivity contribution in [3.05, 3.63) is 41.5 Å². The lowest BCUT2D eigenvalue weighted by Crippen LogP contribution is -2.60. The fraction of sp³-hybridized carbons (Fsp3) is 0.486. The number of hydrogen-bond acceptors (Lipinski definition) is 10. The van der Waals surface area contributed by atoms with Crippen molar-refractivity contribution in [3.8, 4) is 41.2 Å². The summed E-state index contributed by atoms with van der Waals surface area (Å²) in [5, 5.41) is 11.7. The van der Waals surface area contributed by atoms with Crippen LogP contribution in [0.15, 0.2) is 24.3 Å². The number of terminal acetylenes is 1. The van der Waals surface area contributed by atoms with Crippen LogP contribution in [0.1, 0.15) is 44.1 Å². The Morgan fingerprint density at radius 2 is 1.96 bits per heavy atom. The van der Waals surface area contributed by atoms with E-state index in [2.05, 4.69) is 20.7 Å². The lowest BCUT2D eigenvalue weighted by molar-refractivity contribution is -0.115. The fourth-order valence-corrected chi connectivity index (χ4v) is 8.85. The number of benzene rings is 2. The topological polar surface area (TPSA) is 102 Å². The summed E-state index contributed by atoms with van der Waals surface area (Å²) in [6.45, 7) is 4.07. The number of rotatable bonds is 7. The molecule has 4 atom stereocenters. The average Bonchev–Trinajstić information content (AvgIpc) is 3.76. The first-order valence-corrected chi connectivity index (χ1v) is 17.1. The van der Waals surface area contributed by atoms with Crippen molar-refractivity contribution in [2.24, 2.45) is 5.41 Å². The zero-order valence-electron chi connectivity index (χ0n) is 27.3. The number of morpholine rings is 1. The summed E-state index contributed by atoms with van der Waals surface area (Å²) in [6.07, 6.45) is 12.0. The van der Waals surface area contributed by atoms with Crippen LogP contribution in [0.5, 0.6) is 17.6 Å². The molecule has 2 unspecified atom stereocenters. The number of anilines is 1. The minimum atomic E-state index is -0.783. The zero-order chi connectivity index (χ0) is 33.4. The first-order valence-electron chi connectivity index (χ1n) is 17.1. The summed E-state index contributed by atoms with van der Waals surface area (Å²) >= 11 is 0. The van der Waals surface area contributed by atoms with E-state index in [0.717, 1.165) is 58.3 Å². The monoisotopic (exact) mass is 669 g/mol. The highest BCUT2D eigenvalue weighted by Gasteiger charge is 2.51. The van der Waals surface area contributed by atoms with E-state index in [4.69, 9.17) is 35.3 Å². The van der Waals surface area contributed by atoms with Crippen LogP contribution in [0.4, 0.5) is 14.6 Å². The van der Waals surface area contributed by atoms with Crippen LogP contribution in [0, 0.1) is 29.4 Å². The molecule has 3 saturated heterocycles. The van der Waals surface area contributed by atoms with E-state index >= 15 is 4.39 Å². The number of phenolic OH excluding ortho intramolecular Hbond substituents is 1. The third kappa shape index (κ3) is 4.88. The molecule has 0 spiro atoms. The number of fused-ring (bicyclic) bond motifs is 4. The van der Waals surface area contributed by atoms with Gasteiger partial charge in [-0.3, -0.25) is 4.90 Å². The van der Waals surface area contributed by atoms with Crippen LogP contribution in [0.3, 0.4) is 0 Å². The van der Waals surface area contributed by atoms with E-state index in [1.54, 1.807) is 0 Å². The Hall–Kier alpha value is -4.31. The second-order valence-corrected chi connectivity index (χ2v) is 14.0. The zero-order valence-corrected chi connectivity index (χ0v) is 27.3. The molecule has 3 aliphatic heterocycles. The van der Waals surface area contributed by atoms with Gasteiger partial charge in [-0.05, 0) is 62.2 Å². The summed E-state index contributed by atoms with van der Waals surface area (Å²) in [6, 6.07) is 6.48. The quantitative estimate of drug-likeness (QED) is 0.264. The number of nitrogens with zero attached hydrogens (tertiary/aromatic N) is 5. The van der Waals surface area contributed by atoms with Crippen molar-refractivity contribution in [3.63, 3.8) is 0 Å². The maximum absolute atomic E-state index is 17.1. The van der Waals surface area contributed by atoms with Gasteiger partial charge in [-0.25, -0.2) is 13.8 Å². The van der Waals surface area contributed by atoms with Gasteiger partial charge in [0.25, 0.3) is 0 Å². The Labute approximate surface area is 282 Å². The Kier molecular flexibility index (Phi) is 7.30. The molecule has 2 aliphatic carbocycles. The lowest BCUT2D eigenvalue weighted by atomic mass is 9.75. The van der Waals surface area contributed by atoms with Crippen LogP contribution >= 0.6 is 0 Å². The highest BCUT2D eigenvalue weighted by Crippen LogP contribution is 2.50. The minimum absolute atomic E-state index is 0.0435. The van der Waals surface area contributed by atoms with Gasteiger partial charge in [-0.15, -0.1) is 6.42 Å². The molecule has 1 N–H and O–H groups in total. The van der Waals surface area contributed by atoms with Gasteiger partial charge in [-0.2, -0.15) is 9.97 Å². The summed E-state index contributed by atoms with van der Waals surface area (Å²) in [7, 11) is 1.45. The number of ether oxygens (including phenoxy) is 4. The summed E-state index contributed by atoms with van der Waals surface area (Å²) in [4.78, 5) is 19.0. The highest BCUT2D eigenvalue weighted by molar-refractivity contribution is 6.04. The van der Waals surface area contributed by atoms with Crippen LogP contribution in [-0.4, -0.2) is 95.8 Å². The van der Waals surface area contributed by atoms with Crippen LogP contribution in [-0.2, 0) is 9.47 Å². The van der Waals surface area contributed by atoms with Crippen molar-refractivity contribution in [1.29, 1.82) is 0 Å². The molecule has 12 heteroatoms. The molecule has 0 bridgehead atoms.